The van der Waals surface area contributed by atoms with Crippen molar-refractivity contribution in [1.82, 2.24) is 0 Å². The Morgan fingerprint density at radius 3 is 2.55 bits per heavy atom. The number of carbonyl (C=O) groups is 2. The number of alkyl halides is 3. The number of rotatable bonds is 4. The van der Waals surface area contributed by atoms with E-state index in [4.69, 9.17) is 5.11 Å². The first-order valence-corrected chi connectivity index (χ1v) is 5.25. The van der Waals surface area contributed by atoms with Crippen LogP contribution in [0.1, 0.15) is 15.9 Å². The van der Waals surface area contributed by atoms with E-state index < -0.39 is 35.1 Å². The zero-order valence-corrected chi connectivity index (χ0v) is 10.0. The second kappa shape index (κ2) is 6.09. The van der Waals surface area contributed by atoms with E-state index in [1.807, 2.05) is 5.32 Å². The molecule has 0 aliphatic rings. The number of hydrogen-bond acceptors (Lipinski definition) is 3. The SMILES string of the molecule is C=CCOC(=O)Nc1ccc(C(=O)O)cc1C(F)(F)F. The molecule has 0 saturated heterocycles. The van der Waals surface area contributed by atoms with Gasteiger partial charge in [-0.2, -0.15) is 13.2 Å². The molecule has 0 bridgehead atoms. The van der Waals surface area contributed by atoms with Crippen LogP contribution >= 0.6 is 0 Å². The summed E-state index contributed by atoms with van der Waals surface area (Å²) in [5, 5.41) is 10.6. The van der Waals surface area contributed by atoms with Crippen molar-refractivity contribution in [1.29, 1.82) is 0 Å². The molecule has 0 heterocycles. The zero-order chi connectivity index (χ0) is 15.3. The Bertz CT molecular complexity index is 540. The molecule has 1 rings (SSSR count). The minimum Gasteiger partial charge on any atom is -0.478 e. The molecule has 0 aromatic heterocycles. The predicted octanol–water partition coefficient (Wildman–Crippen LogP) is 3.14. The van der Waals surface area contributed by atoms with E-state index in [1.165, 1.54) is 6.08 Å². The van der Waals surface area contributed by atoms with Crippen molar-refractivity contribution in [2.24, 2.45) is 0 Å². The highest BCUT2D eigenvalue weighted by molar-refractivity contribution is 5.91. The van der Waals surface area contributed by atoms with E-state index in [2.05, 4.69) is 11.3 Å². The van der Waals surface area contributed by atoms with Gasteiger partial charge in [-0.3, -0.25) is 5.32 Å². The van der Waals surface area contributed by atoms with Gasteiger partial charge in [-0.1, -0.05) is 12.7 Å². The molecule has 0 aliphatic carbocycles. The number of ether oxygens (including phenoxy) is 1. The summed E-state index contributed by atoms with van der Waals surface area (Å²) < 4.78 is 42.9. The molecule has 20 heavy (non-hydrogen) atoms. The van der Waals surface area contributed by atoms with Crippen LogP contribution in [-0.2, 0) is 10.9 Å². The molecule has 0 radical (unpaired) electrons. The Hall–Kier alpha value is -2.51. The maximum atomic E-state index is 12.8. The predicted molar refractivity (Wildman–Crippen MR) is 63.6 cm³/mol. The average molecular weight is 289 g/mol. The highest BCUT2D eigenvalue weighted by Gasteiger charge is 2.34. The molecular formula is C12H10F3NO4. The Morgan fingerprint density at radius 1 is 1.40 bits per heavy atom. The van der Waals surface area contributed by atoms with Gasteiger partial charge in [0.25, 0.3) is 0 Å². The van der Waals surface area contributed by atoms with E-state index in [0.29, 0.717) is 6.07 Å². The third-order valence-electron chi connectivity index (χ3n) is 2.14. The van der Waals surface area contributed by atoms with E-state index >= 15 is 0 Å². The number of amides is 1. The molecule has 2 N–H and O–H groups in total. The number of halogens is 3. The fraction of sp³-hybridized carbons (Fsp3) is 0.167. The summed E-state index contributed by atoms with van der Waals surface area (Å²) in [5.74, 6) is -1.50. The molecule has 0 atom stereocenters. The number of anilines is 1. The van der Waals surface area contributed by atoms with Crippen LogP contribution in [0, 0.1) is 0 Å². The van der Waals surface area contributed by atoms with E-state index in [0.717, 1.165) is 12.1 Å². The fourth-order valence-corrected chi connectivity index (χ4v) is 1.30. The number of carbonyl (C=O) groups excluding carboxylic acids is 1. The Kier molecular flexibility index (Phi) is 4.73. The van der Waals surface area contributed by atoms with Crippen LogP contribution in [0.5, 0.6) is 0 Å². The van der Waals surface area contributed by atoms with Gasteiger partial charge >= 0.3 is 18.2 Å². The van der Waals surface area contributed by atoms with Crippen molar-refractivity contribution in [2.45, 2.75) is 6.18 Å². The van der Waals surface area contributed by atoms with Crippen molar-refractivity contribution in [3.63, 3.8) is 0 Å². The van der Waals surface area contributed by atoms with Crippen molar-refractivity contribution in [3.8, 4) is 0 Å². The summed E-state index contributed by atoms with van der Waals surface area (Å²) in [4.78, 5) is 21.9. The third kappa shape index (κ3) is 4.01. The highest BCUT2D eigenvalue weighted by atomic mass is 19.4. The lowest BCUT2D eigenvalue weighted by atomic mass is 10.1. The van der Waals surface area contributed by atoms with Gasteiger partial charge in [0.05, 0.1) is 16.8 Å². The molecule has 1 amide bonds. The van der Waals surface area contributed by atoms with Crippen LogP contribution in [0.25, 0.3) is 0 Å². The van der Waals surface area contributed by atoms with Gasteiger partial charge in [-0.05, 0) is 18.2 Å². The molecule has 5 nitrogen and oxygen atoms in total. The minimum atomic E-state index is -4.81. The number of carboxylic acids is 1. The largest absolute Gasteiger partial charge is 0.478 e. The number of nitrogens with one attached hydrogen (secondary N) is 1. The summed E-state index contributed by atoms with van der Waals surface area (Å²) in [6, 6.07) is 2.23. The van der Waals surface area contributed by atoms with Gasteiger partial charge in [0.1, 0.15) is 6.61 Å². The van der Waals surface area contributed by atoms with Crippen molar-refractivity contribution >= 4 is 17.7 Å². The summed E-state index contributed by atoms with van der Waals surface area (Å²) in [7, 11) is 0. The second-order valence-corrected chi connectivity index (χ2v) is 3.58. The number of carboxylic acid groups (broad SMARTS) is 1. The van der Waals surface area contributed by atoms with Crippen LogP contribution in [0.3, 0.4) is 0 Å². The second-order valence-electron chi connectivity index (χ2n) is 3.58. The first-order chi connectivity index (χ1) is 9.25. The average Bonchev–Trinajstić information content (AvgIpc) is 2.35. The highest BCUT2D eigenvalue weighted by Crippen LogP contribution is 2.35. The molecule has 0 saturated carbocycles. The van der Waals surface area contributed by atoms with E-state index in [9.17, 15) is 22.8 Å². The van der Waals surface area contributed by atoms with Gasteiger partial charge < -0.3 is 9.84 Å². The normalized spacial score (nSPS) is 10.8. The van der Waals surface area contributed by atoms with Crippen molar-refractivity contribution in [3.05, 3.63) is 42.0 Å². The summed E-state index contributed by atoms with van der Waals surface area (Å²) in [5.41, 5.74) is -2.40. The molecule has 1 aromatic carbocycles. The maximum Gasteiger partial charge on any atom is 0.418 e. The van der Waals surface area contributed by atoms with Crippen molar-refractivity contribution < 1.29 is 32.6 Å². The minimum absolute atomic E-state index is 0.166. The van der Waals surface area contributed by atoms with Gasteiger partial charge in [0, 0.05) is 0 Å². The summed E-state index contributed by atoms with van der Waals surface area (Å²) in [6.45, 7) is 3.11. The maximum absolute atomic E-state index is 12.8. The molecule has 0 aliphatic heterocycles. The van der Waals surface area contributed by atoms with Gasteiger partial charge in [0.15, 0.2) is 0 Å². The van der Waals surface area contributed by atoms with E-state index in [1.54, 1.807) is 0 Å². The number of hydrogen-bond donors (Lipinski definition) is 2. The van der Waals surface area contributed by atoms with Crippen LogP contribution < -0.4 is 5.32 Å². The molecule has 0 unspecified atom stereocenters. The Balaban J connectivity index is 3.09. The van der Waals surface area contributed by atoms with Gasteiger partial charge in [0.2, 0.25) is 0 Å². The monoisotopic (exact) mass is 289 g/mol. The van der Waals surface area contributed by atoms with Crippen molar-refractivity contribution in [2.75, 3.05) is 11.9 Å². The first-order valence-electron chi connectivity index (χ1n) is 5.25. The molecule has 108 valence electrons. The van der Waals surface area contributed by atoms with Gasteiger partial charge in [-0.25, -0.2) is 9.59 Å². The lowest BCUT2D eigenvalue weighted by molar-refractivity contribution is -0.136. The molecule has 0 fully saturated rings. The quantitative estimate of drug-likeness (QED) is 0.835. The lowest BCUT2D eigenvalue weighted by Gasteiger charge is -2.14. The molecule has 0 spiro atoms. The topological polar surface area (TPSA) is 75.6 Å². The molecule has 8 heteroatoms. The third-order valence-corrected chi connectivity index (χ3v) is 2.14. The number of aromatic carboxylic acids is 1. The van der Waals surface area contributed by atoms with Crippen LogP contribution in [0.4, 0.5) is 23.7 Å². The lowest BCUT2D eigenvalue weighted by Crippen LogP contribution is -2.18. The molecule has 1 aromatic rings. The standard InChI is InChI=1S/C12H10F3NO4/c1-2-5-20-11(19)16-9-4-3-7(10(17)18)6-8(9)12(13,14)15/h2-4,6H,1,5H2,(H,16,19)(H,17,18). The first kappa shape index (κ1) is 15.5. The molecular weight excluding hydrogens is 279 g/mol. The zero-order valence-electron chi connectivity index (χ0n) is 10.0. The van der Waals surface area contributed by atoms with Crippen LogP contribution in [0.2, 0.25) is 0 Å². The summed E-state index contributed by atoms with van der Waals surface area (Å²) in [6.07, 6.45) is -4.66. The smallest absolute Gasteiger partial charge is 0.418 e. The van der Waals surface area contributed by atoms with E-state index in [-0.39, 0.29) is 6.61 Å². The Labute approximate surface area is 111 Å². The van der Waals surface area contributed by atoms with Crippen LogP contribution in [-0.4, -0.2) is 23.8 Å². The Morgan fingerprint density at radius 2 is 2.05 bits per heavy atom. The number of benzene rings is 1. The summed E-state index contributed by atoms with van der Waals surface area (Å²) >= 11 is 0. The van der Waals surface area contributed by atoms with Crippen LogP contribution in [0.15, 0.2) is 30.9 Å². The van der Waals surface area contributed by atoms with Gasteiger partial charge in [-0.15, -0.1) is 0 Å². The fourth-order valence-electron chi connectivity index (χ4n) is 1.30.